The van der Waals surface area contributed by atoms with Crippen LogP contribution in [0.4, 0.5) is 5.69 Å². The number of thiocarbonyl (C=S) groups is 1. The van der Waals surface area contributed by atoms with E-state index in [4.69, 9.17) is 28.6 Å². The number of quaternary nitrogens is 1. The second kappa shape index (κ2) is 9.33. The number of benzene rings is 2. The average Bonchev–Trinajstić information content (AvgIpc) is 2.66. The Labute approximate surface area is 165 Å². The first-order valence-electron chi connectivity index (χ1n) is 8.92. The van der Waals surface area contributed by atoms with Gasteiger partial charge >= 0.3 is 0 Å². The molecule has 0 bridgehead atoms. The fraction of sp³-hybridized carbons (Fsp3) is 0.350. The molecule has 0 aromatic heterocycles. The van der Waals surface area contributed by atoms with E-state index in [1.807, 2.05) is 31.2 Å². The van der Waals surface area contributed by atoms with Crippen LogP contribution in [0.5, 0.6) is 0 Å². The number of hydrogen-bond acceptors (Lipinski definition) is 2. The molecule has 3 rings (SSSR count). The van der Waals surface area contributed by atoms with Crippen molar-refractivity contribution in [1.29, 1.82) is 0 Å². The Hall–Kier alpha value is -1.66. The summed E-state index contributed by atoms with van der Waals surface area (Å²) in [6.07, 6.45) is 0. The summed E-state index contributed by atoms with van der Waals surface area (Å²) in [6, 6.07) is 16.4. The van der Waals surface area contributed by atoms with E-state index >= 15 is 0 Å². The number of morpholine rings is 1. The lowest BCUT2D eigenvalue weighted by Crippen LogP contribution is -3.14. The summed E-state index contributed by atoms with van der Waals surface area (Å²) in [5, 5.41) is 8.12. The fourth-order valence-electron chi connectivity index (χ4n) is 3.15. The molecule has 2 aromatic rings. The first-order valence-corrected chi connectivity index (χ1v) is 9.71. The summed E-state index contributed by atoms with van der Waals surface area (Å²) in [5.41, 5.74) is 3.16. The second-order valence-corrected chi connectivity index (χ2v) is 7.36. The minimum Gasteiger partial charge on any atom is -0.370 e. The lowest BCUT2D eigenvalue weighted by atomic mass is 10.1. The van der Waals surface area contributed by atoms with Crippen molar-refractivity contribution in [2.45, 2.75) is 13.0 Å². The third-order valence-electron chi connectivity index (χ3n) is 4.72. The van der Waals surface area contributed by atoms with Crippen molar-refractivity contribution in [1.82, 2.24) is 5.32 Å². The van der Waals surface area contributed by atoms with E-state index in [2.05, 4.69) is 34.9 Å². The summed E-state index contributed by atoms with van der Waals surface area (Å²) < 4.78 is 5.48. The van der Waals surface area contributed by atoms with Gasteiger partial charge in [-0.1, -0.05) is 48.0 Å². The van der Waals surface area contributed by atoms with Gasteiger partial charge in [0.2, 0.25) is 0 Å². The summed E-state index contributed by atoms with van der Waals surface area (Å²) in [6.45, 7) is 6.64. The maximum atomic E-state index is 6.21. The zero-order valence-corrected chi connectivity index (χ0v) is 16.5. The van der Waals surface area contributed by atoms with Gasteiger partial charge in [0.1, 0.15) is 25.7 Å². The number of nitrogens with one attached hydrogen (secondary N) is 3. The molecular formula is C20H25ClN3OS+. The van der Waals surface area contributed by atoms with Crippen LogP contribution in [-0.4, -0.2) is 38.0 Å². The number of halogens is 1. The molecule has 1 atom stereocenters. The first kappa shape index (κ1) is 19.1. The van der Waals surface area contributed by atoms with Crippen molar-refractivity contribution in [2.24, 2.45) is 0 Å². The van der Waals surface area contributed by atoms with Crippen LogP contribution in [0, 0.1) is 6.92 Å². The molecule has 1 saturated heterocycles. The average molecular weight is 391 g/mol. The molecule has 1 heterocycles. The van der Waals surface area contributed by atoms with Crippen LogP contribution in [0.3, 0.4) is 0 Å². The predicted molar refractivity (Wildman–Crippen MR) is 111 cm³/mol. The van der Waals surface area contributed by atoms with Gasteiger partial charge in [-0.25, -0.2) is 0 Å². The molecule has 4 nitrogen and oxygen atoms in total. The van der Waals surface area contributed by atoms with E-state index in [-0.39, 0.29) is 6.04 Å². The summed E-state index contributed by atoms with van der Waals surface area (Å²) >= 11 is 11.8. The van der Waals surface area contributed by atoms with Crippen LogP contribution in [0.15, 0.2) is 48.5 Å². The fourth-order valence-corrected chi connectivity index (χ4v) is 3.58. The predicted octanol–water partition coefficient (Wildman–Crippen LogP) is 2.59. The Balaban J connectivity index is 1.70. The maximum Gasteiger partial charge on any atom is 0.171 e. The van der Waals surface area contributed by atoms with Crippen molar-refractivity contribution in [3.05, 3.63) is 64.7 Å². The molecule has 0 radical (unpaired) electrons. The van der Waals surface area contributed by atoms with Crippen molar-refractivity contribution in [3.63, 3.8) is 0 Å². The third kappa shape index (κ3) is 5.17. The Morgan fingerprint density at radius 2 is 1.88 bits per heavy atom. The Kier molecular flexibility index (Phi) is 6.86. The second-order valence-electron chi connectivity index (χ2n) is 6.54. The molecular weight excluding hydrogens is 366 g/mol. The Morgan fingerprint density at radius 3 is 2.62 bits per heavy atom. The van der Waals surface area contributed by atoms with Crippen LogP contribution in [0.1, 0.15) is 17.2 Å². The molecule has 0 saturated carbocycles. The molecule has 1 fully saturated rings. The van der Waals surface area contributed by atoms with Gasteiger partial charge < -0.3 is 20.3 Å². The molecule has 3 N–H and O–H groups in total. The topological polar surface area (TPSA) is 37.7 Å². The molecule has 0 aliphatic carbocycles. The monoisotopic (exact) mass is 390 g/mol. The van der Waals surface area contributed by atoms with Gasteiger partial charge in [-0.3, -0.25) is 0 Å². The smallest absolute Gasteiger partial charge is 0.171 e. The zero-order chi connectivity index (χ0) is 18.4. The summed E-state index contributed by atoms with van der Waals surface area (Å²) in [5.74, 6) is 0. The number of ether oxygens (including phenoxy) is 1. The van der Waals surface area contributed by atoms with Crippen molar-refractivity contribution in [3.8, 4) is 0 Å². The Morgan fingerprint density at radius 1 is 1.15 bits per heavy atom. The Bertz CT molecular complexity index is 735. The molecule has 26 heavy (non-hydrogen) atoms. The van der Waals surface area contributed by atoms with Gasteiger partial charge in [-0.15, -0.1) is 0 Å². The highest BCUT2D eigenvalue weighted by Gasteiger charge is 2.22. The van der Waals surface area contributed by atoms with Gasteiger partial charge in [0, 0.05) is 10.7 Å². The third-order valence-corrected chi connectivity index (χ3v) is 5.35. The van der Waals surface area contributed by atoms with E-state index < -0.39 is 0 Å². The van der Waals surface area contributed by atoms with Gasteiger partial charge in [0.05, 0.1) is 13.2 Å². The lowest BCUT2D eigenvalue weighted by Gasteiger charge is -2.29. The standard InChI is InChI=1S/C20H24ClN3OS/c1-15-17(21)8-5-9-18(15)22-20(26)23-19(16-6-3-2-4-7-16)14-24-10-12-25-13-11-24/h2-9,19H,10-14H2,1H3,(H2,22,23,26)/p+1/t19-/m0/s1. The van der Waals surface area contributed by atoms with Gasteiger partial charge in [-0.05, 0) is 42.4 Å². The van der Waals surface area contributed by atoms with Crippen LogP contribution in [-0.2, 0) is 4.74 Å². The van der Waals surface area contributed by atoms with E-state index in [9.17, 15) is 0 Å². The van der Waals surface area contributed by atoms with Gasteiger partial charge in [-0.2, -0.15) is 0 Å². The number of hydrogen-bond donors (Lipinski definition) is 3. The van der Waals surface area contributed by atoms with E-state index in [1.54, 1.807) is 0 Å². The molecule has 6 heteroatoms. The SMILES string of the molecule is Cc1c(Cl)cccc1NC(=S)N[C@@H](C[NH+]1CCOCC1)c1ccccc1. The highest BCUT2D eigenvalue weighted by atomic mass is 35.5. The minimum atomic E-state index is 0.142. The van der Waals surface area contributed by atoms with E-state index in [0.29, 0.717) is 5.11 Å². The molecule has 1 aliphatic rings. The van der Waals surface area contributed by atoms with Gasteiger partial charge in [0.15, 0.2) is 5.11 Å². The van der Waals surface area contributed by atoms with Gasteiger partial charge in [0.25, 0.3) is 0 Å². The number of anilines is 1. The van der Waals surface area contributed by atoms with E-state index in [0.717, 1.165) is 49.1 Å². The minimum absolute atomic E-state index is 0.142. The molecule has 138 valence electrons. The van der Waals surface area contributed by atoms with E-state index in [1.165, 1.54) is 10.5 Å². The van der Waals surface area contributed by atoms with Crippen molar-refractivity contribution < 1.29 is 9.64 Å². The molecule has 2 aromatic carbocycles. The number of rotatable bonds is 5. The molecule has 0 unspecified atom stereocenters. The normalized spacial score (nSPS) is 16.1. The molecule has 0 spiro atoms. The van der Waals surface area contributed by atoms with Crippen molar-refractivity contribution in [2.75, 3.05) is 38.2 Å². The highest BCUT2D eigenvalue weighted by Crippen LogP contribution is 2.23. The van der Waals surface area contributed by atoms with Crippen LogP contribution in [0.2, 0.25) is 5.02 Å². The maximum absolute atomic E-state index is 6.21. The molecule has 0 amide bonds. The zero-order valence-electron chi connectivity index (χ0n) is 14.9. The quantitative estimate of drug-likeness (QED) is 0.686. The molecule has 1 aliphatic heterocycles. The van der Waals surface area contributed by atoms with Crippen molar-refractivity contribution >= 4 is 34.6 Å². The summed E-state index contributed by atoms with van der Waals surface area (Å²) in [4.78, 5) is 1.53. The lowest BCUT2D eigenvalue weighted by molar-refractivity contribution is -0.909. The van der Waals surface area contributed by atoms with Crippen LogP contribution in [0.25, 0.3) is 0 Å². The highest BCUT2D eigenvalue weighted by molar-refractivity contribution is 7.80. The summed E-state index contributed by atoms with van der Waals surface area (Å²) in [7, 11) is 0. The first-order chi connectivity index (χ1) is 12.6. The van der Waals surface area contributed by atoms with Crippen LogP contribution >= 0.6 is 23.8 Å². The largest absolute Gasteiger partial charge is 0.370 e. The van der Waals surface area contributed by atoms with Crippen LogP contribution < -0.4 is 15.5 Å².